The number of hydrogen-bond donors (Lipinski definition) is 2. The summed E-state index contributed by atoms with van der Waals surface area (Å²) in [5, 5.41) is -0.143. The number of methoxy groups -OCH3 is 2. The molecule has 0 saturated heterocycles. The van der Waals surface area contributed by atoms with Crippen molar-refractivity contribution in [3.63, 3.8) is 0 Å². The van der Waals surface area contributed by atoms with Crippen molar-refractivity contribution >= 4 is 31.9 Å². The third kappa shape index (κ3) is 7.42. The Morgan fingerprint density at radius 2 is 0.976 bits per heavy atom. The molecule has 0 bridgehead atoms. The molecule has 42 heavy (non-hydrogen) atoms. The number of carbonyl (C=O) groups is 2. The Hall–Kier alpha value is -3.60. The summed E-state index contributed by atoms with van der Waals surface area (Å²) in [6.45, 7) is 0. The van der Waals surface area contributed by atoms with Crippen LogP contribution in [0.2, 0.25) is 0 Å². The molecule has 6 atom stereocenters. The molecule has 2 fully saturated rings. The van der Waals surface area contributed by atoms with Gasteiger partial charge in [-0.2, -0.15) is 9.68 Å². The van der Waals surface area contributed by atoms with E-state index in [2.05, 4.69) is 0 Å². The van der Waals surface area contributed by atoms with E-state index in [0.29, 0.717) is 0 Å². The molecule has 228 valence electrons. The first kappa shape index (κ1) is 31.3. The fraction of sp³-hybridized carbons (Fsp3) is 0.462. The Bertz CT molecular complexity index is 1380. The van der Waals surface area contributed by atoms with Crippen molar-refractivity contribution < 1.29 is 50.7 Å². The molecule has 2 aliphatic carbocycles. The molecule has 0 radical (unpaired) electrons. The molecule has 2 amide bonds. The summed E-state index contributed by atoms with van der Waals surface area (Å²) in [6.07, 6.45) is -3.21. The first-order valence-electron chi connectivity index (χ1n) is 13.0. The van der Waals surface area contributed by atoms with Crippen LogP contribution in [0, 0.1) is 16.7 Å². The van der Waals surface area contributed by atoms with Gasteiger partial charge in [-0.3, -0.25) is 9.59 Å². The molecule has 2 aromatic rings. The highest BCUT2D eigenvalue weighted by molar-refractivity contribution is 7.90. The molecule has 2 N–H and O–H groups in total. The van der Waals surface area contributed by atoms with E-state index in [0.717, 1.165) is 0 Å². The third-order valence-electron chi connectivity index (χ3n) is 7.26. The Balaban J connectivity index is 1.32. The van der Waals surface area contributed by atoms with E-state index in [1.165, 1.54) is 62.8 Å². The van der Waals surface area contributed by atoms with Crippen LogP contribution in [0.5, 0.6) is 0 Å². The average Bonchev–Trinajstić information content (AvgIpc) is 3.57. The Kier molecular flexibility index (Phi) is 9.81. The molecule has 2 aromatic carbocycles. The van der Waals surface area contributed by atoms with Gasteiger partial charge in [0.1, 0.15) is 17.1 Å². The standard InChI is InChI=1S/C26H31N3O11S2/c1-37-21-13-17(25(30)27-41(33,34)19-9-5-3-6-10-19)15-23(21)39-29(32)40-24-16-18(14-22(24)38-2)26(31)28-42(35,36)20-11-7-4-8-12-20/h3-12,17-18,21-24H,13-16H2,1-2H3,(H-,27,28,30,31)/p+1/t17-,18-,21+,22+,23-,24-/m0/s1. The lowest BCUT2D eigenvalue weighted by Gasteiger charge is -2.14. The average molecular weight is 627 g/mol. The van der Waals surface area contributed by atoms with Gasteiger partial charge in [-0.1, -0.05) is 36.4 Å². The van der Waals surface area contributed by atoms with Crippen LogP contribution in [0.15, 0.2) is 70.5 Å². The van der Waals surface area contributed by atoms with Crippen molar-refractivity contribution in [2.75, 3.05) is 14.2 Å². The fourth-order valence-electron chi connectivity index (χ4n) is 5.06. The summed E-state index contributed by atoms with van der Waals surface area (Å²) in [5.74, 6) is -3.19. The first-order chi connectivity index (χ1) is 19.9. The normalized spacial score (nSPS) is 25.9. The Morgan fingerprint density at radius 3 is 1.31 bits per heavy atom. The minimum absolute atomic E-state index is 0.0303. The van der Waals surface area contributed by atoms with E-state index in [1.54, 1.807) is 12.1 Å². The number of nitrogens with zero attached hydrogens (tertiary/aromatic N) is 1. The van der Waals surface area contributed by atoms with E-state index >= 15 is 0 Å². The van der Waals surface area contributed by atoms with Gasteiger partial charge in [-0.05, 0) is 37.1 Å². The van der Waals surface area contributed by atoms with Gasteiger partial charge in [-0.25, -0.2) is 26.3 Å². The highest BCUT2D eigenvalue weighted by Crippen LogP contribution is 2.33. The lowest BCUT2D eigenvalue weighted by atomic mass is 10.1. The van der Waals surface area contributed by atoms with Crippen molar-refractivity contribution in [1.82, 2.24) is 9.44 Å². The summed E-state index contributed by atoms with van der Waals surface area (Å²) >= 11 is 0. The van der Waals surface area contributed by atoms with Gasteiger partial charge in [0.05, 0.1) is 9.79 Å². The largest absolute Gasteiger partial charge is 0.478 e. The highest BCUT2D eigenvalue weighted by Gasteiger charge is 2.48. The van der Waals surface area contributed by atoms with Crippen molar-refractivity contribution in [3.05, 3.63) is 65.6 Å². The predicted molar refractivity (Wildman–Crippen MR) is 144 cm³/mol. The van der Waals surface area contributed by atoms with Crippen molar-refractivity contribution in [1.29, 1.82) is 0 Å². The molecule has 0 unspecified atom stereocenters. The molecule has 0 heterocycles. The Labute approximate surface area is 243 Å². The van der Waals surface area contributed by atoms with Gasteiger partial charge in [0.15, 0.2) is 0 Å². The van der Waals surface area contributed by atoms with E-state index in [-0.39, 0.29) is 40.6 Å². The monoisotopic (exact) mass is 626 g/mol. The third-order valence-corrected chi connectivity index (χ3v) is 9.99. The molecular weight excluding hydrogens is 594 g/mol. The lowest BCUT2D eigenvalue weighted by molar-refractivity contribution is -0.993. The van der Waals surface area contributed by atoms with Crippen molar-refractivity contribution in [3.8, 4) is 0 Å². The number of carbonyl (C=O) groups excluding carboxylic acids is 2. The maximum Gasteiger partial charge on any atom is 0.478 e. The topological polar surface area (TPSA) is 183 Å². The molecule has 16 heteroatoms. The van der Waals surface area contributed by atoms with Gasteiger partial charge in [0, 0.05) is 38.9 Å². The molecule has 14 nitrogen and oxygen atoms in total. The maximum absolute atomic E-state index is 12.8. The molecule has 0 aliphatic heterocycles. The van der Waals surface area contributed by atoms with Crippen molar-refractivity contribution in [2.45, 2.75) is 59.9 Å². The summed E-state index contributed by atoms with van der Waals surface area (Å²) < 4.78 is 65.0. The first-order valence-corrected chi connectivity index (χ1v) is 16.0. The second kappa shape index (κ2) is 13.1. The van der Waals surface area contributed by atoms with Crippen LogP contribution in [0.3, 0.4) is 0 Å². The lowest BCUT2D eigenvalue weighted by Crippen LogP contribution is -2.35. The van der Waals surface area contributed by atoms with Gasteiger partial charge < -0.3 is 9.47 Å². The SMILES string of the molecule is CO[C@@H]1C[C@H](C(=O)NS(=O)(=O)c2ccccc2)C[C@@H]1O[N+](=O)O[C@H]1C[C@@H](C(=O)NS(=O)(=O)c2ccccc2)C[C@H]1OC. The number of amides is 2. The summed E-state index contributed by atoms with van der Waals surface area (Å²) in [5.41, 5.74) is 0. The van der Waals surface area contributed by atoms with Crippen LogP contribution in [0.4, 0.5) is 0 Å². The zero-order chi connectivity index (χ0) is 30.5. The highest BCUT2D eigenvalue weighted by atomic mass is 32.2. The minimum atomic E-state index is -4.09. The van der Waals surface area contributed by atoms with Gasteiger partial charge >= 0.3 is 5.09 Å². The van der Waals surface area contributed by atoms with Crippen LogP contribution >= 0.6 is 0 Å². The second-order valence-corrected chi connectivity index (χ2v) is 13.3. The second-order valence-electron chi connectivity index (χ2n) is 9.96. The van der Waals surface area contributed by atoms with E-state index in [1.807, 2.05) is 9.44 Å². The van der Waals surface area contributed by atoms with Crippen LogP contribution < -0.4 is 9.44 Å². The van der Waals surface area contributed by atoms with Crippen molar-refractivity contribution in [2.24, 2.45) is 11.8 Å². The zero-order valence-corrected chi connectivity index (χ0v) is 24.5. The van der Waals surface area contributed by atoms with E-state index < -0.39 is 68.1 Å². The van der Waals surface area contributed by atoms with Crippen LogP contribution in [0.1, 0.15) is 25.7 Å². The summed E-state index contributed by atoms with van der Waals surface area (Å²) in [6, 6.07) is 14.8. The minimum Gasteiger partial charge on any atom is -0.377 e. The molecule has 2 aliphatic rings. The summed E-state index contributed by atoms with van der Waals surface area (Å²) in [4.78, 5) is 48.7. The number of nitrogens with one attached hydrogen (secondary N) is 2. The number of benzene rings is 2. The van der Waals surface area contributed by atoms with E-state index in [4.69, 9.17) is 19.1 Å². The predicted octanol–water partition coefficient (Wildman–Crippen LogP) is 1.23. The molecule has 2 saturated carbocycles. The zero-order valence-electron chi connectivity index (χ0n) is 22.8. The molecule has 0 spiro atoms. The quantitative estimate of drug-likeness (QED) is 0.323. The number of sulfonamides is 2. The fourth-order valence-corrected chi connectivity index (χ4v) is 7.19. The van der Waals surface area contributed by atoms with E-state index in [9.17, 15) is 31.3 Å². The van der Waals surface area contributed by atoms with Crippen LogP contribution in [-0.2, 0) is 48.8 Å². The maximum atomic E-state index is 12.8. The van der Waals surface area contributed by atoms with Gasteiger partial charge in [-0.15, -0.1) is 0 Å². The Morgan fingerprint density at radius 1 is 0.643 bits per heavy atom. The smallest absolute Gasteiger partial charge is 0.377 e. The number of hydrogen-bond acceptors (Lipinski definition) is 11. The molecular formula is C26H32N3O11S2+. The van der Waals surface area contributed by atoms with Gasteiger partial charge in [0.2, 0.25) is 24.0 Å². The number of rotatable bonds is 12. The number of ether oxygens (including phenoxy) is 2. The van der Waals surface area contributed by atoms with Crippen LogP contribution in [0.25, 0.3) is 0 Å². The molecule has 0 aromatic heterocycles. The van der Waals surface area contributed by atoms with Gasteiger partial charge in [0.25, 0.3) is 20.0 Å². The summed E-state index contributed by atoms with van der Waals surface area (Å²) in [7, 11) is -5.45. The molecule has 4 rings (SSSR count). The van der Waals surface area contributed by atoms with Crippen LogP contribution in [-0.4, -0.2) is 72.4 Å².